The summed E-state index contributed by atoms with van der Waals surface area (Å²) in [4.78, 5) is 2.66. The molecule has 0 saturated carbocycles. The summed E-state index contributed by atoms with van der Waals surface area (Å²) in [7, 11) is 0. The van der Waals surface area contributed by atoms with Crippen molar-refractivity contribution >= 4 is 0 Å². The zero-order valence-electron chi connectivity index (χ0n) is 10.6. The van der Waals surface area contributed by atoms with Crippen LogP contribution in [0.1, 0.15) is 44.4 Å². The van der Waals surface area contributed by atoms with Gasteiger partial charge in [0.2, 0.25) is 0 Å². The minimum Gasteiger partial charge on any atom is -0.468 e. The van der Waals surface area contributed by atoms with Crippen LogP contribution in [0.5, 0.6) is 0 Å². The topological polar surface area (TPSA) is 28.4 Å². The average Bonchev–Trinajstić information content (AvgIpc) is 2.98. The van der Waals surface area contributed by atoms with E-state index in [0.717, 1.165) is 11.8 Å². The van der Waals surface area contributed by atoms with Gasteiger partial charge in [-0.05, 0) is 44.9 Å². The Bertz CT molecular complexity index is 349. The van der Waals surface area contributed by atoms with E-state index in [9.17, 15) is 0 Å². The van der Waals surface area contributed by atoms with Gasteiger partial charge in [0, 0.05) is 18.6 Å². The molecular weight excluding hydrogens is 212 g/mol. The van der Waals surface area contributed by atoms with Gasteiger partial charge in [0.05, 0.1) is 12.3 Å². The molecule has 3 atom stereocenters. The van der Waals surface area contributed by atoms with Crippen molar-refractivity contribution in [3.8, 4) is 0 Å². The smallest absolute Gasteiger partial charge is 0.120 e. The molecule has 3 nitrogen and oxygen atoms in total. The van der Waals surface area contributed by atoms with Crippen LogP contribution in [-0.2, 0) is 0 Å². The highest BCUT2D eigenvalue weighted by Crippen LogP contribution is 2.28. The lowest BCUT2D eigenvalue weighted by Crippen LogP contribution is -2.45. The molecule has 0 aliphatic carbocycles. The monoisotopic (exact) mass is 234 g/mol. The van der Waals surface area contributed by atoms with Crippen LogP contribution >= 0.6 is 0 Å². The Morgan fingerprint density at radius 2 is 2.29 bits per heavy atom. The lowest BCUT2D eigenvalue weighted by atomic mass is 9.98. The van der Waals surface area contributed by atoms with Crippen LogP contribution < -0.4 is 5.32 Å². The van der Waals surface area contributed by atoms with E-state index in [1.807, 2.05) is 6.07 Å². The molecular formula is C14H22N2O. The second kappa shape index (κ2) is 4.83. The van der Waals surface area contributed by atoms with E-state index >= 15 is 0 Å². The molecule has 1 aromatic rings. The van der Waals surface area contributed by atoms with Crippen molar-refractivity contribution in [2.24, 2.45) is 0 Å². The predicted molar refractivity (Wildman–Crippen MR) is 67.9 cm³/mol. The third-order valence-corrected chi connectivity index (χ3v) is 4.29. The van der Waals surface area contributed by atoms with E-state index in [-0.39, 0.29) is 0 Å². The van der Waals surface area contributed by atoms with E-state index in [2.05, 4.69) is 23.2 Å². The molecule has 2 saturated heterocycles. The summed E-state index contributed by atoms with van der Waals surface area (Å²) in [5, 5.41) is 3.74. The van der Waals surface area contributed by atoms with Gasteiger partial charge in [-0.2, -0.15) is 0 Å². The number of hydrogen-bond donors (Lipinski definition) is 1. The Balaban J connectivity index is 1.62. The Labute approximate surface area is 103 Å². The summed E-state index contributed by atoms with van der Waals surface area (Å²) in [5.74, 6) is 1.05. The van der Waals surface area contributed by atoms with Crippen LogP contribution in [0.2, 0.25) is 0 Å². The van der Waals surface area contributed by atoms with Gasteiger partial charge >= 0.3 is 0 Å². The molecule has 94 valence electrons. The van der Waals surface area contributed by atoms with Gasteiger partial charge in [-0.25, -0.2) is 0 Å². The minimum atomic E-state index is 0.330. The molecule has 2 aliphatic rings. The van der Waals surface area contributed by atoms with Crippen molar-refractivity contribution in [2.75, 3.05) is 13.1 Å². The maximum Gasteiger partial charge on any atom is 0.120 e. The number of hydrogen-bond acceptors (Lipinski definition) is 3. The molecule has 3 heterocycles. The molecule has 0 bridgehead atoms. The van der Waals surface area contributed by atoms with Crippen LogP contribution in [0.15, 0.2) is 22.8 Å². The van der Waals surface area contributed by atoms with E-state index in [0.29, 0.717) is 12.1 Å². The lowest BCUT2D eigenvalue weighted by Gasteiger charge is -2.33. The zero-order valence-corrected chi connectivity index (χ0v) is 10.6. The second-order valence-electron chi connectivity index (χ2n) is 5.40. The van der Waals surface area contributed by atoms with E-state index in [1.165, 1.54) is 38.8 Å². The lowest BCUT2D eigenvalue weighted by molar-refractivity contribution is 0.176. The maximum atomic E-state index is 5.47. The van der Waals surface area contributed by atoms with E-state index < -0.39 is 0 Å². The number of nitrogens with zero attached hydrogens (tertiary/aromatic N) is 1. The summed E-state index contributed by atoms with van der Waals surface area (Å²) in [6.07, 6.45) is 7.19. The molecule has 0 aromatic carbocycles. The van der Waals surface area contributed by atoms with Crippen molar-refractivity contribution in [3.05, 3.63) is 24.2 Å². The van der Waals surface area contributed by atoms with Crippen LogP contribution in [0.25, 0.3) is 0 Å². The first-order valence-corrected chi connectivity index (χ1v) is 6.88. The molecule has 17 heavy (non-hydrogen) atoms. The number of nitrogens with one attached hydrogen (secondary N) is 1. The SMILES string of the molecule is CC(NC1CCN2CCCCC12)c1ccco1. The van der Waals surface area contributed by atoms with Gasteiger partial charge in [-0.1, -0.05) is 6.42 Å². The zero-order chi connectivity index (χ0) is 11.7. The molecule has 2 aliphatic heterocycles. The fraction of sp³-hybridized carbons (Fsp3) is 0.714. The molecule has 0 radical (unpaired) electrons. The average molecular weight is 234 g/mol. The van der Waals surface area contributed by atoms with Gasteiger partial charge in [0.1, 0.15) is 5.76 Å². The number of furan rings is 1. The summed E-state index contributed by atoms with van der Waals surface area (Å²) in [6, 6.07) is 5.77. The Morgan fingerprint density at radius 1 is 1.35 bits per heavy atom. The second-order valence-corrected chi connectivity index (χ2v) is 5.40. The molecule has 0 amide bonds. The first-order chi connectivity index (χ1) is 8.34. The van der Waals surface area contributed by atoms with Crippen LogP contribution in [0.4, 0.5) is 0 Å². The standard InChI is InChI=1S/C14H22N2O/c1-11(14-6-4-10-17-14)15-12-7-9-16-8-3-2-5-13(12)16/h4,6,10-13,15H,2-3,5,7-9H2,1H3. The Morgan fingerprint density at radius 3 is 3.12 bits per heavy atom. The van der Waals surface area contributed by atoms with Gasteiger partial charge in [0.15, 0.2) is 0 Å². The molecule has 3 rings (SSSR count). The number of rotatable bonds is 3. The number of piperidine rings is 1. The van der Waals surface area contributed by atoms with Gasteiger partial charge in [-0.3, -0.25) is 4.90 Å². The summed E-state index contributed by atoms with van der Waals surface area (Å²) >= 11 is 0. The summed E-state index contributed by atoms with van der Waals surface area (Å²) in [6.45, 7) is 4.77. The Kier molecular flexibility index (Phi) is 3.21. The predicted octanol–water partition coefficient (Wildman–Crippen LogP) is 2.56. The summed E-state index contributed by atoms with van der Waals surface area (Å²) in [5.41, 5.74) is 0. The molecule has 3 heteroatoms. The largest absolute Gasteiger partial charge is 0.468 e. The maximum absolute atomic E-state index is 5.47. The van der Waals surface area contributed by atoms with Gasteiger partial charge in [0.25, 0.3) is 0 Å². The molecule has 2 fully saturated rings. The van der Waals surface area contributed by atoms with Crippen molar-refractivity contribution < 1.29 is 4.42 Å². The molecule has 1 N–H and O–H groups in total. The molecule has 1 aromatic heterocycles. The number of fused-ring (bicyclic) bond motifs is 1. The van der Waals surface area contributed by atoms with Crippen molar-refractivity contribution in [1.29, 1.82) is 0 Å². The third-order valence-electron chi connectivity index (χ3n) is 4.29. The highest BCUT2D eigenvalue weighted by Gasteiger charge is 2.36. The van der Waals surface area contributed by atoms with E-state index in [1.54, 1.807) is 6.26 Å². The highest BCUT2D eigenvalue weighted by atomic mass is 16.3. The molecule has 0 spiro atoms. The highest BCUT2D eigenvalue weighted by molar-refractivity contribution is 5.05. The van der Waals surface area contributed by atoms with Gasteiger partial charge < -0.3 is 9.73 Å². The fourth-order valence-electron chi connectivity index (χ4n) is 3.38. The van der Waals surface area contributed by atoms with Crippen LogP contribution in [-0.4, -0.2) is 30.1 Å². The first-order valence-electron chi connectivity index (χ1n) is 6.88. The van der Waals surface area contributed by atoms with Crippen molar-refractivity contribution in [1.82, 2.24) is 10.2 Å². The van der Waals surface area contributed by atoms with Crippen LogP contribution in [0.3, 0.4) is 0 Å². The third kappa shape index (κ3) is 2.26. The van der Waals surface area contributed by atoms with Gasteiger partial charge in [-0.15, -0.1) is 0 Å². The Hall–Kier alpha value is -0.800. The quantitative estimate of drug-likeness (QED) is 0.871. The van der Waals surface area contributed by atoms with E-state index in [4.69, 9.17) is 4.42 Å². The molecule has 3 unspecified atom stereocenters. The summed E-state index contributed by atoms with van der Waals surface area (Å²) < 4.78 is 5.47. The van der Waals surface area contributed by atoms with Crippen molar-refractivity contribution in [3.63, 3.8) is 0 Å². The normalized spacial score (nSPS) is 31.4. The minimum absolute atomic E-state index is 0.330. The van der Waals surface area contributed by atoms with Crippen LogP contribution in [0, 0.1) is 0 Å². The van der Waals surface area contributed by atoms with Crippen molar-refractivity contribution in [2.45, 2.75) is 50.7 Å². The first kappa shape index (κ1) is 11.3. The fourth-order valence-corrected chi connectivity index (χ4v) is 3.38.